The molecule has 0 aliphatic heterocycles. The van der Waals surface area contributed by atoms with E-state index in [4.69, 9.17) is 0 Å². The lowest BCUT2D eigenvalue weighted by Gasteiger charge is -2.23. The topological polar surface area (TPSA) is 50.2 Å². The zero-order chi connectivity index (χ0) is 14.6. The monoisotopic (exact) mass is 330 g/mol. The van der Waals surface area contributed by atoms with Crippen molar-refractivity contribution in [2.24, 2.45) is 7.05 Å². The zero-order valence-electron chi connectivity index (χ0n) is 12.3. The van der Waals surface area contributed by atoms with Crippen LogP contribution in [0.1, 0.15) is 37.0 Å². The van der Waals surface area contributed by atoms with E-state index in [0.29, 0.717) is 5.69 Å². The molecule has 1 aromatic rings. The maximum absolute atomic E-state index is 12.2. The molecule has 1 N–H and O–H groups in total. The van der Waals surface area contributed by atoms with Crippen molar-refractivity contribution in [3.63, 3.8) is 0 Å². The zero-order valence-corrected chi connectivity index (χ0v) is 13.9. The molecule has 1 aromatic heterocycles. The van der Waals surface area contributed by atoms with Crippen LogP contribution in [-0.4, -0.2) is 46.3 Å². The summed E-state index contributed by atoms with van der Waals surface area (Å²) < 4.78 is 2.47. The summed E-state index contributed by atoms with van der Waals surface area (Å²) in [6, 6.07) is 0.0987. The van der Waals surface area contributed by atoms with Gasteiger partial charge in [-0.15, -0.1) is 0 Å². The van der Waals surface area contributed by atoms with E-state index in [2.05, 4.69) is 45.1 Å². The lowest BCUT2D eigenvalue weighted by Crippen LogP contribution is -2.42. The largest absolute Gasteiger partial charge is 0.347 e. The summed E-state index contributed by atoms with van der Waals surface area (Å²) in [4.78, 5) is 14.4. The molecule has 0 fully saturated rings. The summed E-state index contributed by atoms with van der Waals surface area (Å²) in [5.41, 5.74) is 1.40. The van der Waals surface area contributed by atoms with Crippen LogP contribution >= 0.6 is 15.9 Å². The summed E-state index contributed by atoms with van der Waals surface area (Å²) in [5, 5.41) is 7.22. The number of nitrogens with one attached hydrogen (secondary N) is 1. The highest BCUT2D eigenvalue weighted by Crippen LogP contribution is 2.19. The van der Waals surface area contributed by atoms with E-state index in [9.17, 15) is 4.79 Å². The molecule has 1 atom stereocenters. The van der Waals surface area contributed by atoms with Gasteiger partial charge < -0.3 is 10.2 Å². The number of hydrogen-bond acceptors (Lipinski definition) is 3. The van der Waals surface area contributed by atoms with Gasteiger partial charge in [-0.1, -0.05) is 13.8 Å². The quantitative estimate of drug-likeness (QED) is 0.867. The molecule has 6 heteroatoms. The molecule has 0 saturated heterocycles. The first-order chi connectivity index (χ1) is 8.90. The second kappa shape index (κ2) is 7.05. The summed E-state index contributed by atoms with van der Waals surface area (Å²) in [5.74, 6) is -0.129. The molecule has 1 heterocycles. The van der Waals surface area contributed by atoms with Gasteiger partial charge in [0.1, 0.15) is 0 Å². The average molecular weight is 331 g/mol. The highest BCUT2D eigenvalue weighted by Gasteiger charge is 2.19. The van der Waals surface area contributed by atoms with Crippen molar-refractivity contribution in [3.8, 4) is 0 Å². The molecule has 0 aliphatic rings. The molecule has 0 radical (unpaired) electrons. The molecule has 1 rings (SSSR count). The van der Waals surface area contributed by atoms with Gasteiger partial charge in [-0.3, -0.25) is 9.48 Å². The van der Waals surface area contributed by atoms with Crippen LogP contribution in [0.5, 0.6) is 0 Å². The molecule has 0 saturated carbocycles. The van der Waals surface area contributed by atoms with Gasteiger partial charge in [-0.25, -0.2) is 0 Å². The number of nitrogens with zero attached hydrogens (tertiary/aromatic N) is 3. The Balaban J connectivity index is 2.66. The van der Waals surface area contributed by atoms with E-state index in [1.54, 1.807) is 4.68 Å². The van der Waals surface area contributed by atoms with Crippen LogP contribution < -0.4 is 5.32 Å². The highest BCUT2D eigenvalue weighted by atomic mass is 79.9. The standard InChI is InChI=1S/C13H23BrN4O/c1-6-18(7-2)8-9(3)15-13(19)12-11(14)10(4)17(5)16-12/h9H,6-8H2,1-5H3,(H,15,19)/t9-/m1/s1. The summed E-state index contributed by atoms with van der Waals surface area (Å²) >= 11 is 3.42. The first kappa shape index (κ1) is 16.2. The number of rotatable bonds is 6. The fourth-order valence-electron chi connectivity index (χ4n) is 1.93. The van der Waals surface area contributed by atoms with Crippen LogP contribution in [0, 0.1) is 6.92 Å². The third-order valence-electron chi connectivity index (χ3n) is 3.28. The van der Waals surface area contributed by atoms with Crippen LogP contribution in [-0.2, 0) is 7.05 Å². The van der Waals surface area contributed by atoms with Gasteiger partial charge in [-0.05, 0) is 42.9 Å². The van der Waals surface area contributed by atoms with Gasteiger partial charge in [0, 0.05) is 19.6 Å². The number of carbonyl (C=O) groups excluding carboxylic acids is 1. The first-order valence-corrected chi connectivity index (χ1v) is 7.42. The normalized spacial score (nSPS) is 12.8. The molecular weight excluding hydrogens is 308 g/mol. The fourth-order valence-corrected chi connectivity index (χ4v) is 2.45. The Bertz CT molecular complexity index is 440. The predicted molar refractivity (Wildman–Crippen MR) is 80.4 cm³/mol. The van der Waals surface area contributed by atoms with Crippen molar-refractivity contribution in [3.05, 3.63) is 15.9 Å². The molecule has 108 valence electrons. The molecular formula is C13H23BrN4O. The van der Waals surface area contributed by atoms with Crippen LogP contribution in [0.3, 0.4) is 0 Å². The number of amides is 1. The Morgan fingerprint density at radius 3 is 2.47 bits per heavy atom. The van der Waals surface area contributed by atoms with E-state index < -0.39 is 0 Å². The third-order valence-corrected chi connectivity index (χ3v) is 4.23. The molecule has 0 aliphatic carbocycles. The molecule has 0 spiro atoms. The Labute approximate surface area is 123 Å². The molecule has 0 aromatic carbocycles. The van der Waals surface area contributed by atoms with Gasteiger partial charge in [0.05, 0.1) is 10.2 Å². The summed E-state index contributed by atoms with van der Waals surface area (Å²) in [6.07, 6.45) is 0. The minimum Gasteiger partial charge on any atom is -0.347 e. The van der Waals surface area contributed by atoms with Crippen LogP contribution in [0.4, 0.5) is 0 Å². The maximum Gasteiger partial charge on any atom is 0.273 e. The predicted octanol–water partition coefficient (Wildman–Crippen LogP) is 1.95. The molecule has 1 amide bonds. The van der Waals surface area contributed by atoms with Gasteiger partial charge in [0.25, 0.3) is 5.91 Å². The third kappa shape index (κ3) is 4.04. The first-order valence-electron chi connectivity index (χ1n) is 6.62. The van der Waals surface area contributed by atoms with Crippen LogP contribution in [0.25, 0.3) is 0 Å². The van der Waals surface area contributed by atoms with Crippen molar-refractivity contribution in [2.75, 3.05) is 19.6 Å². The van der Waals surface area contributed by atoms with E-state index in [1.165, 1.54) is 0 Å². The average Bonchev–Trinajstić information content (AvgIpc) is 2.63. The number of likely N-dealkylation sites (N-methyl/N-ethyl adjacent to an activating group) is 1. The highest BCUT2D eigenvalue weighted by molar-refractivity contribution is 9.10. The number of hydrogen-bond donors (Lipinski definition) is 1. The van der Waals surface area contributed by atoms with Crippen LogP contribution in [0.15, 0.2) is 4.47 Å². The number of aromatic nitrogens is 2. The minimum atomic E-state index is -0.129. The Kier molecular flexibility index (Phi) is 6.00. The van der Waals surface area contributed by atoms with E-state index in [-0.39, 0.29) is 11.9 Å². The van der Waals surface area contributed by atoms with E-state index in [1.807, 2.05) is 20.9 Å². The van der Waals surface area contributed by atoms with Gasteiger partial charge in [0.15, 0.2) is 5.69 Å². The molecule has 0 bridgehead atoms. The van der Waals surface area contributed by atoms with E-state index >= 15 is 0 Å². The van der Waals surface area contributed by atoms with Crippen LogP contribution in [0.2, 0.25) is 0 Å². The lowest BCUT2D eigenvalue weighted by molar-refractivity contribution is 0.0923. The number of aryl methyl sites for hydroxylation is 1. The van der Waals surface area contributed by atoms with Gasteiger partial charge in [0.2, 0.25) is 0 Å². The number of halogens is 1. The second-order valence-corrected chi connectivity index (χ2v) is 5.52. The molecule has 19 heavy (non-hydrogen) atoms. The number of carbonyl (C=O) groups is 1. The van der Waals surface area contributed by atoms with Crippen molar-refractivity contribution < 1.29 is 4.79 Å². The Morgan fingerprint density at radius 1 is 1.47 bits per heavy atom. The smallest absolute Gasteiger partial charge is 0.273 e. The molecule has 5 nitrogen and oxygen atoms in total. The SMILES string of the molecule is CCN(CC)C[C@@H](C)NC(=O)c1nn(C)c(C)c1Br. The van der Waals surface area contributed by atoms with Crippen molar-refractivity contribution in [2.45, 2.75) is 33.7 Å². The fraction of sp³-hybridized carbons (Fsp3) is 0.692. The van der Waals surface area contributed by atoms with Gasteiger partial charge in [-0.2, -0.15) is 5.10 Å². The van der Waals surface area contributed by atoms with Crippen molar-refractivity contribution >= 4 is 21.8 Å². The minimum absolute atomic E-state index is 0.0987. The summed E-state index contributed by atoms with van der Waals surface area (Å²) in [7, 11) is 1.83. The molecule has 0 unspecified atom stereocenters. The van der Waals surface area contributed by atoms with Crippen molar-refractivity contribution in [1.82, 2.24) is 20.0 Å². The second-order valence-electron chi connectivity index (χ2n) is 4.73. The summed E-state index contributed by atoms with van der Waals surface area (Å²) in [6.45, 7) is 11.0. The van der Waals surface area contributed by atoms with Crippen molar-refractivity contribution in [1.29, 1.82) is 0 Å². The van der Waals surface area contributed by atoms with Gasteiger partial charge >= 0.3 is 0 Å². The lowest BCUT2D eigenvalue weighted by atomic mass is 10.2. The Hall–Kier alpha value is -0.880. The Morgan fingerprint density at radius 2 is 2.05 bits per heavy atom. The maximum atomic E-state index is 12.2. The van der Waals surface area contributed by atoms with E-state index in [0.717, 1.165) is 29.8 Å².